The number of likely N-dealkylation sites (N-methyl/N-ethyl adjacent to an activating group) is 1. The van der Waals surface area contributed by atoms with Gasteiger partial charge in [-0.2, -0.15) is 4.98 Å². The Morgan fingerprint density at radius 3 is 2.47 bits per heavy atom. The molecule has 0 aliphatic carbocycles. The van der Waals surface area contributed by atoms with E-state index in [0.29, 0.717) is 10.9 Å². The third-order valence-electron chi connectivity index (χ3n) is 5.57. The monoisotopic (exact) mass is 425 g/mol. The second kappa shape index (κ2) is 8.61. The summed E-state index contributed by atoms with van der Waals surface area (Å²) in [5.74, 6) is 0.498. The second-order valence-corrected chi connectivity index (χ2v) is 8.41. The van der Waals surface area contributed by atoms with Crippen LogP contribution in [0.4, 0.5) is 11.4 Å². The zero-order chi connectivity index (χ0) is 21.3. The average Bonchev–Trinajstić information content (AvgIpc) is 3.15. The van der Waals surface area contributed by atoms with Crippen LogP contribution in [0.5, 0.6) is 0 Å². The van der Waals surface area contributed by atoms with Crippen LogP contribution in [0, 0.1) is 13.8 Å². The highest BCUT2D eigenvalue weighted by atomic mass is 32.2. The number of benzene rings is 1. The number of thioether (sulfide) groups is 1. The smallest absolute Gasteiger partial charge is 0.253 e. The van der Waals surface area contributed by atoms with Gasteiger partial charge in [0.15, 0.2) is 0 Å². The molecule has 1 amide bonds. The Morgan fingerprint density at radius 1 is 1.10 bits per heavy atom. The van der Waals surface area contributed by atoms with Crippen LogP contribution < -0.4 is 10.2 Å². The summed E-state index contributed by atoms with van der Waals surface area (Å²) in [6, 6.07) is 8.08. The molecule has 1 saturated heterocycles. The first-order chi connectivity index (χ1) is 14.4. The van der Waals surface area contributed by atoms with Crippen molar-refractivity contribution in [3.05, 3.63) is 41.2 Å². The van der Waals surface area contributed by atoms with Gasteiger partial charge in [-0.25, -0.2) is 9.50 Å². The molecule has 0 saturated carbocycles. The molecule has 158 valence electrons. The van der Waals surface area contributed by atoms with E-state index in [4.69, 9.17) is 0 Å². The number of hydrogen-bond acceptors (Lipinski definition) is 7. The molecular formula is C21H27N7OS. The fourth-order valence-corrected chi connectivity index (χ4v) is 4.05. The Balaban J connectivity index is 1.44. The van der Waals surface area contributed by atoms with Gasteiger partial charge in [-0.1, -0.05) is 11.8 Å². The van der Waals surface area contributed by atoms with Crippen LogP contribution in [0.25, 0.3) is 5.78 Å². The summed E-state index contributed by atoms with van der Waals surface area (Å²) in [5, 5.41) is 8.13. The van der Waals surface area contributed by atoms with Gasteiger partial charge in [-0.05, 0) is 51.4 Å². The largest absolute Gasteiger partial charge is 0.369 e. The third kappa shape index (κ3) is 4.27. The highest BCUT2D eigenvalue weighted by Gasteiger charge is 2.17. The van der Waals surface area contributed by atoms with Gasteiger partial charge in [0.1, 0.15) is 0 Å². The number of aromatic nitrogens is 4. The van der Waals surface area contributed by atoms with Crippen LogP contribution in [0.1, 0.15) is 17.0 Å². The average molecular weight is 426 g/mol. The summed E-state index contributed by atoms with van der Waals surface area (Å²) in [6.45, 7) is 8.05. The van der Waals surface area contributed by atoms with Gasteiger partial charge in [0.25, 0.3) is 5.78 Å². The van der Waals surface area contributed by atoms with Crippen molar-refractivity contribution in [2.75, 3.05) is 49.7 Å². The summed E-state index contributed by atoms with van der Waals surface area (Å²) in [4.78, 5) is 26.3. The van der Waals surface area contributed by atoms with Crippen molar-refractivity contribution in [2.45, 2.75) is 25.4 Å². The van der Waals surface area contributed by atoms with Gasteiger partial charge >= 0.3 is 0 Å². The molecule has 1 N–H and O–H groups in total. The van der Waals surface area contributed by atoms with E-state index in [-0.39, 0.29) is 12.3 Å². The highest BCUT2D eigenvalue weighted by Crippen LogP contribution is 2.21. The molecule has 0 radical (unpaired) electrons. The highest BCUT2D eigenvalue weighted by molar-refractivity contribution is 7.98. The van der Waals surface area contributed by atoms with E-state index >= 15 is 0 Å². The minimum absolute atomic E-state index is 0.0695. The van der Waals surface area contributed by atoms with E-state index in [9.17, 15) is 4.79 Å². The Bertz CT molecular complexity index is 1060. The number of hydrogen-bond donors (Lipinski definition) is 1. The zero-order valence-corrected chi connectivity index (χ0v) is 18.7. The van der Waals surface area contributed by atoms with Gasteiger partial charge in [-0.3, -0.25) is 4.79 Å². The Kier molecular flexibility index (Phi) is 5.92. The van der Waals surface area contributed by atoms with Crippen LogP contribution in [0.3, 0.4) is 0 Å². The number of nitrogens with one attached hydrogen (secondary N) is 1. The predicted molar refractivity (Wildman–Crippen MR) is 121 cm³/mol. The van der Waals surface area contributed by atoms with Crippen LogP contribution in [-0.4, -0.2) is 69.9 Å². The topological polar surface area (TPSA) is 78.7 Å². The van der Waals surface area contributed by atoms with Crippen molar-refractivity contribution in [1.29, 1.82) is 0 Å². The lowest BCUT2D eigenvalue weighted by Gasteiger charge is -2.34. The second-order valence-electron chi connectivity index (χ2n) is 7.63. The minimum Gasteiger partial charge on any atom is -0.369 e. The molecule has 2 aromatic heterocycles. The van der Waals surface area contributed by atoms with E-state index in [1.807, 2.05) is 32.2 Å². The summed E-state index contributed by atoms with van der Waals surface area (Å²) in [5.41, 5.74) is 4.57. The zero-order valence-electron chi connectivity index (χ0n) is 17.8. The van der Waals surface area contributed by atoms with Crippen LogP contribution in [0.15, 0.2) is 29.4 Å². The first kappa shape index (κ1) is 20.6. The number of anilines is 2. The van der Waals surface area contributed by atoms with Crippen molar-refractivity contribution in [1.82, 2.24) is 24.5 Å². The lowest BCUT2D eigenvalue weighted by atomic mass is 10.1. The SMILES string of the molecule is CSc1nc2nc(C)c(CC(=O)Nc3ccc(N4CCN(C)CC4)cc3)c(C)n2n1. The van der Waals surface area contributed by atoms with E-state index in [1.54, 1.807) is 4.52 Å². The fourth-order valence-electron chi connectivity index (χ4n) is 3.72. The van der Waals surface area contributed by atoms with Gasteiger partial charge in [0, 0.05) is 54.5 Å². The maximum atomic E-state index is 12.7. The lowest BCUT2D eigenvalue weighted by Crippen LogP contribution is -2.44. The summed E-state index contributed by atoms with van der Waals surface area (Å²) in [6.07, 6.45) is 2.18. The minimum atomic E-state index is -0.0695. The molecule has 1 aliphatic heterocycles. The van der Waals surface area contributed by atoms with Crippen molar-refractivity contribution < 1.29 is 4.79 Å². The van der Waals surface area contributed by atoms with Crippen LogP contribution in [-0.2, 0) is 11.2 Å². The first-order valence-electron chi connectivity index (χ1n) is 10.0. The molecule has 3 aromatic rings. The third-order valence-corrected chi connectivity index (χ3v) is 6.11. The maximum absolute atomic E-state index is 12.7. The number of carbonyl (C=O) groups excluding carboxylic acids is 1. The van der Waals surface area contributed by atoms with Crippen LogP contribution >= 0.6 is 11.8 Å². The van der Waals surface area contributed by atoms with E-state index in [2.05, 4.69) is 49.4 Å². The molecular weight excluding hydrogens is 398 g/mol. The number of carbonyl (C=O) groups is 1. The fraction of sp³-hybridized carbons (Fsp3) is 0.429. The van der Waals surface area contributed by atoms with E-state index < -0.39 is 0 Å². The molecule has 30 heavy (non-hydrogen) atoms. The summed E-state index contributed by atoms with van der Waals surface area (Å²) in [7, 11) is 2.15. The number of nitrogens with zero attached hydrogens (tertiary/aromatic N) is 6. The van der Waals surface area contributed by atoms with Crippen molar-refractivity contribution in [2.24, 2.45) is 0 Å². The Labute approximate surface area is 180 Å². The number of aryl methyl sites for hydroxylation is 2. The van der Waals surface area contributed by atoms with Crippen molar-refractivity contribution >= 4 is 34.8 Å². The molecule has 0 atom stereocenters. The maximum Gasteiger partial charge on any atom is 0.253 e. The normalized spacial score (nSPS) is 15.0. The molecule has 9 heteroatoms. The number of rotatable bonds is 5. The van der Waals surface area contributed by atoms with Crippen LogP contribution in [0.2, 0.25) is 0 Å². The van der Waals surface area contributed by atoms with E-state index in [0.717, 1.165) is 48.8 Å². The van der Waals surface area contributed by atoms with E-state index in [1.165, 1.54) is 17.4 Å². The van der Waals surface area contributed by atoms with Gasteiger partial charge in [-0.15, -0.1) is 5.10 Å². The molecule has 0 spiro atoms. The standard InChI is InChI=1S/C21H27N7OS/c1-14-18(15(2)28-20(22-14)24-21(25-28)30-4)13-19(29)23-16-5-7-17(8-6-16)27-11-9-26(3)10-12-27/h5-8H,9-13H2,1-4H3,(H,23,29). The van der Waals surface area contributed by atoms with Crippen molar-refractivity contribution in [3.63, 3.8) is 0 Å². The van der Waals surface area contributed by atoms with Gasteiger partial charge in [0.2, 0.25) is 11.1 Å². The Morgan fingerprint density at radius 2 is 1.80 bits per heavy atom. The summed E-state index contributed by atoms with van der Waals surface area (Å²) >= 11 is 1.47. The number of piperazine rings is 1. The lowest BCUT2D eigenvalue weighted by molar-refractivity contribution is -0.115. The number of amides is 1. The predicted octanol–water partition coefficient (Wildman–Crippen LogP) is 2.40. The molecule has 0 bridgehead atoms. The number of fused-ring (bicyclic) bond motifs is 1. The quantitative estimate of drug-likeness (QED) is 0.629. The molecule has 3 heterocycles. The van der Waals surface area contributed by atoms with Gasteiger partial charge in [0.05, 0.1) is 6.42 Å². The molecule has 1 aliphatic rings. The molecule has 4 rings (SSSR count). The summed E-state index contributed by atoms with van der Waals surface area (Å²) < 4.78 is 1.71. The Hall–Kier alpha value is -2.65. The molecule has 8 nitrogen and oxygen atoms in total. The first-order valence-corrected chi connectivity index (χ1v) is 11.3. The van der Waals surface area contributed by atoms with Crippen molar-refractivity contribution in [3.8, 4) is 0 Å². The van der Waals surface area contributed by atoms with Gasteiger partial charge < -0.3 is 15.1 Å². The molecule has 1 fully saturated rings. The molecule has 1 aromatic carbocycles. The molecule has 0 unspecified atom stereocenters.